The lowest BCUT2D eigenvalue weighted by Crippen LogP contribution is -2.29. The summed E-state index contributed by atoms with van der Waals surface area (Å²) in [6.07, 6.45) is 0.372. The Bertz CT molecular complexity index is 431. The van der Waals surface area contributed by atoms with Crippen molar-refractivity contribution < 1.29 is 9.32 Å². The van der Waals surface area contributed by atoms with E-state index in [1.54, 1.807) is 11.9 Å². The fourth-order valence-electron chi connectivity index (χ4n) is 1.40. The van der Waals surface area contributed by atoms with Crippen LogP contribution in [0.15, 0.2) is 4.52 Å². The highest BCUT2D eigenvalue weighted by Crippen LogP contribution is 2.19. The van der Waals surface area contributed by atoms with Gasteiger partial charge in [-0.25, -0.2) is 0 Å². The number of hydrogen-bond donors (Lipinski definition) is 0. The average molecular weight is 267 g/mol. The van der Waals surface area contributed by atoms with Crippen molar-refractivity contribution in [3.05, 3.63) is 17.0 Å². The lowest BCUT2D eigenvalue weighted by atomic mass is 10.2. The van der Waals surface area contributed by atoms with Crippen molar-refractivity contribution in [1.29, 1.82) is 5.26 Å². The maximum Gasteiger partial charge on any atom is 0.232 e. The SMILES string of the molecule is Cc1noc(C)c1CSCC(=O)N(C)CCC#N. The molecule has 0 unspecified atom stereocenters. The van der Waals surface area contributed by atoms with E-state index in [2.05, 4.69) is 5.16 Å². The molecule has 0 saturated heterocycles. The van der Waals surface area contributed by atoms with E-state index in [0.29, 0.717) is 18.7 Å². The maximum absolute atomic E-state index is 11.7. The van der Waals surface area contributed by atoms with E-state index in [4.69, 9.17) is 9.78 Å². The highest BCUT2D eigenvalue weighted by Gasteiger charge is 2.12. The Kier molecular flexibility index (Phi) is 5.72. The van der Waals surface area contributed by atoms with Crippen LogP contribution in [0.4, 0.5) is 0 Å². The largest absolute Gasteiger partial charge is 0.361 e. The number of hydrogen-bond acceptors (Lipinski definition) is 5. The Morgan fingerprint density at radius 1 is 1.56 bits per heavy atom. The molecule has 0 saturated carbocycles. The van der Waals surface area contributed by atoms with Gasteiger partial charge in [0.1, 0.15) is 5.76 Å². The first-order valence-electron chi connectivity index (χ1n) is 5.66. The molecule has 6 heteroatoms. The minimum Gasteiger partial charge on any atom is -0.361 e. The summed E-state index contributed by atoms with van der Waals surface area (Å²) in [4.78, 5) is 13.3. The predicted molar refractivity (Wildman–Crippen MR) is 70.0 cm³/mol. The number of carbonyl (C=O) groups is 1. The number of nitrogens with zero attached hydrogens (tertiary/aromatic N) is 3. The number of nitriles is 1. The highest BCUT2D eigenvalue weighted by molar-refractivity contribution is 7.99. The zero-order valence-electron chi connectivity index (χ0n) is 10.9. The first kappa shape index (κ1) is 14.6. The van der Waals surface area contributed by atoms with Crippen molar-refractivity contribution in [3.8, 4) is 6.07 Å². The third kappa shape index (κ3) is 4.08. The van der Waals surface area contributed by atoms with Crippen LogP contribution in [0.25, 0.3) is 0 Å². The van der Waals surface area contributed by atoms with Crippen LogP contribution in [0.3, 0.4) is 0 Å². The Balaban J connectivity index is 2.34. The minimum absolute atomic E-state index is 0.0435. The van der Waals surface area contributed by atoms with E-state index in [0.717, 1.165) is 22.8 Å². The molecule has 1 amide bonds. The van der Waals surface area contributed by atoms with Crippen molar-refractivity contribution >= 4 is 17.7 Å². The summed E-state index contributed by atoms with van der Waals surface area (Å²) in [5.41, 5.74) is 1.94. The van der Waals surface area contributed by atoms with Crippen molar-refractivity contribution in [2.24, 2.45) is 0 Å². The molecule has 0 aliphatic carbocycles. The van der Waals surface area contributed by atoms with E-state index in [-0.39, 0.29) is 5.91 Å². The Morgan fingerprint density at radius 3 is 2.83 bits per heavy atom. The molecule has 0 aromatic carbocycles. The summed E-state index contributed by atoms with van der Waals surface area (Å²) >= 11 is 1.54. The molecule has 0 aliphatic heterocycles. The zero-order chi connectivity index (χ0) is 13.5. The normalized spacial score (nSPS) is 10.1. The van der Waals surface area contributed by atoms with Gasteiger partial charge in [0.2, 0.25) is 5.91 Å². The van der Waals surface area contributed by atoms with Crippen LogP contribution < -0.4 is 0 Å². The van der Waals surface area contributed by atoms with E-state index in [1.165, 1.54) is 11.8 Å². The molecule has 1 rings (SSSR count). The Morgan fingerprint density at radius 2 is 2.28 bits per heavy atom. The van der Waals surface area contributed by atoms with Gasteiger partial charge in [0.15, 0.2) is 0 Å². The molecule has 1 heterocycles. The zero-order valence-corrected chi connectivity index (χ0v) is 11.7. The highest BCUT2D eigenvalue weighted by atomic mass is 32.2. The van der Waals surface area contributed by atoms with Gasteiger partial charge in [0.05, 0.1) is 23.9 Å². The molecule has 0 aliphatic rings. The molecule has 1 aromatic rings. The monoisotopic (exact) mass is 267 g/mol. The maximum atomic E-state index is 11.7. The Hall–Kier alpha value is -1.48. The van der Waals surface area contributed by atoms with Gasteiger partial charge in [0, 0.05) is 24.9 Å². The number of aromatic nitrogens is 1. The molecule has 0 N–H and O–H groups in total. The molecule has 0 atom stereocenters. The quantitative estimate of drug-likeness (QED) is 0.787. The van der Waals surface area contributed by atoms with Gasteiger partial charge < -0.3 is 9.42 Å². The third-order valence-electron chi connectivity index (χ3n) is 2.64. The summed E-state index contributed by atoms with van der Waals surface area (Å²) in [6.45, 7) is 4.26. The van der Waals surface area contributed by atoms with Gasteiger partial charge in [-0.2, -0.15) is 5.26 Å². The molecule has 0 fully saturated rings. The number of carbonyl (C=O) groups excluding carboxylic acids is 1. The third-order valence-corrected chi connectivity index (χ3v) is 3.58. The van der Waals surface area contributed by atoms with Crippen LogP contribution in [-0.4, -0.2) is 35.3 Å². The standard InChI is InChI=1S/C12H17N3O2S/c1-9-11(10(2)17-14-9)7-18-8-12(16)15(3)6-4-5-13/h4,6-8H2,1-3H3. The first-order valence-corrected chi connectivity index (χ1v) is 6.82. The van der Waals surface area contributed by atoms with Crippen molar-refractivity contribution in [1.82, 2.24) is 10.1 Å². The second-order valence-electron chi connectivity index (χ2n) is 4.02. The van der Waals surface area contributed by atoms with Gasteiger partial charge in [-0.1, -0.05) is 5.16 Å². The van der Waals surface area contributed by atoms with E-state index in [9.17, 15) is 4.79 Å². The minimum atomic E-state index is 0.0435. The fourth-order valence-corrected chi connectivity index (χ4v) is 2.51. The van der Waals surface area contributed by atoms with Gasteiger partial charge in [-0.3, -0.25) is 4.79 Å². The van der Waals surface area contributed by atoms with Crippen LogP contribution in [0.1, 0.15) is 23.4 Å². The van der Waals surface area contributed by atoms with Crippen LogP contribution in [0, 0.1) is 25.2 Å². The Labute approximate surface area is 111 Å². The fraction of sp³-hybridized carbons (Fsp3) is 0.583. The molecular weight excluding hydrogens is 250 g/mol. The smallest absolute Gasteiger partial charge is 0.232 e. The summed E-state index contributed by atoms with van der Waals surface area (Å²) < 4.78 is 5.06. The molecule has 0 spiro atoms. The summed E-state index contributed by atoms with van der Waals surface area (Å²) in [6, 6.07) is 2.03. The number of aryl methyl sites for hydroxylation is 2. The molecule has 0 bridgehead atoms. The number of amides is 1. The molecular formula is C12H17N3O2S. The summed E-state index contributed by atoms with van der Waals surface area (Å²) in [7, 11) is 1.72. The second-order valence-corrected chi connectivity index (χ2v) is 5.00. The van der Waals surface area contributed by atoms with Gasteiger partial charge in [-0.05, 0) is 13.8 Å². The van der Waals surface area contributed by atoms with Crippen LogP contribution >= 0.6 is 11.8 Å². The molecule has 5 nitrogen and oxygen atoms in total. The van der Waals surface area contributed by atoms with Gasteiger partial charge in [0.25, 0.3) is 0 Å². The van der Waals surface area contributed by atoms with Crippen molar-refractivity contribution in [3.63, 3.8) is 0 Å². The van der Waals surface area contributed by atoms with E-state index < -0.39 is 0 Å². The topological polar surface area (TPSA) is 70.1 Å². The second kappa shape index (κ2) is 7.07. The number of rotatable bonds is 6. The van der Waals surface area contributed by atoms with Gasteiger partial charge in [-0.15, -0.1) is 11.8 Å². The van der Waals surface area contributed by atoms with Gasteiger partial charge >= 0.3 is 0 Å². The summed E-state index contributed by atoms with van der Waals surface area (Å²) in [5.74, 6) is 1.98. The number of thioether (sulfide) groups is 1. The van der Waals surface area contributed by atoms with Crippen LogP contribution in [-0.2, 0) is 10.5 Å². The molecule has 98 valence electrons. The lowest BCUT2D eigenvalue weighted by Gasteiger charge is -2.14. The van der Waals surface area contributed by atoms with Crippen LogP contribution in [0.5, 0.6) is 0 Å². The average Bonchev–Trinajstić information content (AvgIpc) is 2.67. The molecule has 1 aromatic heterocycles. The van der Waals surface area contributed by atoms with Crippen molar-refractivity contribution in [2.45, 2.75) is 26.0 Å². The predicted octanol–water partition coefficient (Wildman–Crippen LogP) is 1.90. The lowest BCUT2D eigenvalue weighted by molar-refractivity contribution is -0.127. The molecule has 18 heavy (non-hydrogen) atoms. The van der Waals surface area contributed by atoms with E-state index in [1.807, 2.05) is 19.9 Å². The van der Waals surface area contributed by atoms with Crippen molar-refractivity contribution in [2.75, 3.05) is 19.3 Å². The molecule has 0 radical (unpaired) electrons. The van der Waals surface area contributed by atoms with Crippen LogP contribution in [0.2, 0.25) is 0 Å². The summed E-state index contributed by atoms with van der Waals surface area (Å²) in [5, 5.41) is 12.3. The van der Waals surface area contributed by atoms with E-state index >= 15 is 0 Å². The first-order chi connectivity index (χ1) is 8.56.